The van der Waals surface area contributed by atoms with Crippen molar-refractivity contribution in [3.8, 4) is 0 Å². The van der Waals surface area contributed by atoms with Gasteiger partial charge in [-0.05, 0) is 37.3 Å². The van der Waals surface area contributed by atoms with Gasteiger partial charge >= 0.3 is 0 Å². The second-order valence-corrected chi connectivity index (χ2v) is 8.10. The molecular weight excluding hydrogens is 322 g/mol. The summed E-state index contributed by atoms with van der Waals surface area (Å²) in [5.74, 6) is 0.381. The normalized spacial score (nSPS) is 30.5. The van der Waals surface area contributed by atoms with E-state index in [9.17, 15) is 9.90 Å². The molecule has 0 aromatic carbocycles. The smallest absolute Gasteiger partial charge is 0.263 e. The van der Waals surface area contributed by atoms with Gasteiger partial charge in [-0.3, -0.25) is 4.79 Å². The van der Waals surface area contributed by atoms with Crippen LogP contribution in [0.25, 0.3) is 0 Å². The van der Waals surface area contributed by atoms with Crippen LogP contribution in [0.5, 0.6) is 0 Å². The summed E-state index contributed by atoms with van der Waals surface area (Å²) in [6.07, 6.45) is 2.47. The van der Waals surface area contributed by atoms with Crippen molar-refractivity contribution < 1.29 is 14.6 Å². The highest BCUT2D eigenvalue weighted by Crippen LogP contribution is 2.39. The molecule has 2 aliphatic heterocycles. The molecule has 1 aromatic rings. The molecule has 2 aliphatic rings. The van der Waals surface area contributed by atoms with Gasteiger partial charge in [0.25, 0.3) is 5.91 Å². The number of hydrogen-bond acceptors (Lipinski definition) is 4. The van der Waals surface area contributed by atoms with Crippen molar-refractivity contribution in [2.45, 2.75) is 31.8 Å². The van der Waals surface area contributed by atoms with Crippen LogP contribution in [-0.4, -0.2) is 47.8 Å². The fourth-order valence-corrected chi connectivity index (χ4v) is 4.72. The lowest BCUT2D eigenvalue weighted by atomic mass is 9.70. The molecule has 1 aromatic heterocycles. The highest BCUT2D eigenvalue weighted by atomic mass is 35.5. The number of halogens is 1. The van der Waals surface area contributed by atoms with E-state index in [1.807, 2.05) is 4.90 Å². The van der Waals surface area contributed by atoms with Crippen molar-refractivity contribution in [2.24, 2.45) is 11.8 Å². The molecule has 2 atom stereocenters. The largest absolute Gasteiger partial charge is 0.389 e. The summed E-state index contributed by atoms with van der Waals surface area (Å²) < 4.78 is 6.04. The summed E-state index contributed by atoms with van der Waals surface area (Å²) >= 11 is 7.23. The maximum atomic E-state index is 12.5. The zero-order valence-corrected chi connectivity index (χ0v) is 14.3. The number of amides is 1. The van der Waals surface area contributed by atoms with Gasteiger partial charge in [-0.1, -0.05) is 18.5 Å². The van der Waals surface area contributed by atoms with Crippen LogP contribution in [0.2, 0.25) is 4.34 Å². The number of aliphatic hydroxyl groups is 1. The number of thiophene rings is 1. The molecule has 1 amide bonds. The van der Waals surface area contributed by atoms with Crippen molar-refractivity contribution in [3.63, 3.8) is 0 Å². The van der Waals surface area contributed by atoms with E-state index in [0.29, 0.717) is 28.7 Å². The third-order valence-corrected chi connectivity index (χ3v) is 6.35. The predicted octanol–water partition coefficient (Wildman–Crippen LogP) is 3.04. The molecular formula is C16H22ClNO3S. The summed E-state index contributed by atoms with van der Waals surface area (Å²) in [6.45, 7) is 4.72. The summed E-state index contributed by atoms with van der Waals surface area (Å²) in [5.41, 5.74) is -0.673. The Morgan fingerprint density at radius 3 is 2.77 bits per heavy atom. The molecule has 22 heavy (non-hydrogen) atoms. The Hall–Kier alpha value is -0.620. The second-order valence-electron chi connectivity index (χ2n) is 6.38. The molecule has 0 aliphatic carbocycles. The van der Waals surface area contributed by atoms with Crippen molar-refractivity contribution >= 4 is 28.8 Å². The van der Waals surface area contributed by atoms with Crippen molar-refractivity contribution in [2.75, 3.05) is 26.3 Å². The Morgan fingerprint density at radius 2 is 2.18 bits per heavy atom. The summed E-state index contributed by atoms with van der Waals surface area (Å²) in [7, 11) is 0. The topological polar surface area (TPSA) is 49.8 Å². The van der Waals surface area contributed by atoms with Crippen molar-refractivity contribution in [1.29, 1.82) is 0 Å². The van der Waals surface area contributed by atoms with E-state index in [4.69, 9.17) is 16.3 Å². The maximum Gasteiger partial charge on any atom is 0.263 e. The van der Waals surface area contributed by atoms with Gasteiger partial charge in [-0.15, -0.1) is 11.3 Å². The first-order valence-corrected chi connectivity index (χ1v) is 9.05. The van der Waals surface area contributed by atoms with Crippen LogP contribution in [0.1, 0.15) is 35.9 Å². The molecule has 3 heterocycles. The van der Waals surface area contributed by atoms with E-state index >= 15 is 0 Å². The molecule has 4 nitrogen and oxygen atoms in total. The van der Waals surface area contributed by atoms with E-state index in [2.05, 4.69) is 6.92 Å². The number of carbonyl (C=O) groups is 1. The zero-order chi connectivity index (χ0) is 15.7. The average Bonchev–Trinajstić information content (AvgIpc) is 2.97. The quantitative estimate of drug-likeness (QED) is 0.898. The van der Waals surface area contributed by atoms with E-state index in [1.54, 1.807) is 12.1 Å². The average molecular weight is 344 g/mol. The monoisotopic (exact) mass is 343 g/mol. The molecule has 3 rings (SSSR count). The molecule has 2 saturated heterocycles. The Morgan fingerprint density at radius 1 is 1.45 bits per heavy atom. The van der Waals surface area contributed by atoms with E-state index in [1.165, 1.54) is 11.3 Å². The predicted molar refractivity (Wildman–Crippen MR) is 87.5 cm³/mol. The lowest BCUT2D eigenvalue weighted by Gasteiger charge is -2.48. The molecule has 0 spiro atoms. The molecule has 0 unspecified atom stereocenters. The molecule has 6 heteroatoms. The van der Waals surface area contributed by atoms with Gasteiger partial charge in [-0.25, -0.2) is 0 Å². The number of piperidine rings is 1. The fraction of sp³-hybridized carbons (Fsp3) is 0.688. The minimum Gasteiger partial charge on any atom is -0.389 e. The van der Waals surface area contributed by atoms with Gasteiger partial charge in [0.05, 0.1) is 14.8 Å². The lowest BCUT2D eigenvalue weighted by Crippen LogP contribution is -2.56. The fourth-order valence-electron chi connectivity index (χ4n) is 3.71. The second kappa shape index (κ2) is 6.48. The lowest BCUT2D eigenvalue weighted by molar-refractivity contribution is -0.125. The van der Waals surface area contributed by atoms with Crippen LogP contribution in [0.3, 0.4) is 0 Å². The van der Waals surface area contributed by atoms with Gasteiger partial charge in [0.15, 0.2) is 0 Å². The van der Waals surface area contributed by atoms with Crippen LogP contribution in [0.15, 0.2) is 12.1 Å². The Labute approximate surface area is 140 Å². The summed E-state index contributed by atoms with van der Waals surface area (Å²) in [4.78, 5) is 15.0. The third kappa shape index (κ3) is 3.04. The molecule has 1 N–H and O–H groups in total. The van der Waals surface area contributed by atoms with Gasteiger partial charge in [0, 0.05) is 32.2 Å². The van der Waals surface area contributed by atoms with Gasteiger partial charge < -0.3 is 14.7 Å². The van der Waals surface area contributed by atoms with E-state index < -0.39 is 5.60 Å². The standard InChI is InChI=1S/C16H22ClNO3S/c1-11-10-18(15(19)13-2-3-14(17)22-13)7-6-16(11,20)12-4-8-21-9-5-12/h2-3,11-12,20H,4-10H2,1H3/t11-,16+/m1/s1. The van der Waals surface area contributed by atoms with Crippen LogP contribution in [0, 0.1) is 11.8 Å². The summed E-state index contributed by atoms with van der Waals surface area (Å²) in [5, 5.41) is 11.1. The molecule has 0 bridgehead atoms. The Balaban J connectivity index is 1.67. The van der Waals surface area contributed by atoms with E-state index in [0.717, 1.165) is 26.1 Å². The summed E-state index contributed by atoms with van der Waals surface area (Å²) in [6, 6.07) is 3.53. The van der Waals surface area contributed by atoms with Crippen molar-refractivity contribution in [3.05, 3.63) is 21.3 Å². The Bertz CT molecular complexity index is 543. The number of ether oxygens (including phenoxy) is 1. The van der Waals surface area contributed by atoms with Crippen LogP contribution in [-0.2, 0) is 4.74 Å². The highest BCUT2D eigenvalue weighted by Gasteiger charge is 2.46. The minimum atomic E-state index is -0.673. The maximum absolute atomic E-state index is 12.5. The molecule has 2 fully saturated rings. The van der Waals surface area contributed by atoms with Gasteiger partial charge in [0.1, 0.15) is 0 Å². The number of nitrogens with zero attached hydrogens (tertiary/aromatic N) is 1. The Kier molecular flexibility index (Phi) is 4.78. The molecule has 0 radical (unpaired) electrons. The number of rotatable bonds is 2. The first kappa shape index (κ1) is 16.2. The number of carbonyl (C=O) groups excluding carboxylic acids is 1. The number of hydrogen-bond donors (Lipinski definition) is 1. The minimum absolute atomic E-state index is 0.0257. The van der Waals surface area contributed by atoms with Crippen molar-refractivity contribution in [1.82, 2.24) is 4.90 Å². The molecule has 0 saturated carbocycles. The van der Waals surface area contributed by atoms with Crippen LogP contribution >= 0.6 is 22.9 Å². The zero-order valence-electron chi connectivity index (χ0n) is 12.8. The molecule has 122 valence electrons. The third-order valence-electron chi connectivity index (χ3n) is 5.13. The number of likely N-dealkylation sites (tertiary alicyclic amines) is 1. The van der Waals surface area contributed by atoms with E-state index in [-0.39, 0.29) is 17.7 Å². The van der Waals surface area contributed by atoms with Crippen LogP contribution in [0.4, 0.5) is 0 Å². The van der Waals surface area contributed by atoms with Gasteiger partial charge in [-0.2, -0.15) is 0 Å². The van der Waals surface area contributed by atoms with Gasteiger partial charge in [0.2, 0.25) is 0 Å². The first-order chi connectivity index (χ1) is 10.5. The first-order valence-electron chi connectivity index (χ1n) is 7.85. The highest BCUT2D eigenvalue weighted by molar-refractivity contribution is 7.17. The van der Waals surface area contributed by atoms with Crippen LogP contribution < -0.4 is 0 Å². The SMILES string of the molecule is C[C@@H]1CN(C(=O)c2ccc(Cl)s2)CC[C@@]1(O)C1CCOCC1.